The van der Waals surface area contributed by atoms with Crippen LogP contribution >= 0.6 is 22.7 Å². The fourth-order valence-electron chi connectivity index (χ4n) is 3.41. The van der Waals surface area contributed by atoms with Crippen molar-refractivity contribution in [2.75, 3.05) is 0 Å². The summed E-state index contributed by atoms with van der Waals surface area (Å²) in [6.45, 7) is 4.14. The molecule has 0 aliphatic heterocycles. The van der Waals surface area contributed by atoms with Gasteiger partial charge in [-0.15, -0.1) is 22.7 Å². The Labute approximate surface area is 184 Å². The van der Waals surface area contributed by atoms with Crippen molar-refractivity contribution in [3.05, 3.63) is 43.3 Å². The van der Waals surface area contributed by atoms with Crippen molar-refractivity contribution in [3.8, 4) is 0 Å². The maximum absolute atomic E-state index is 12.3. The van der Waals surface area contributed by atoms with Gasteiger partial charge in [-0.2, -0.15) is 0 Å². The van der Waals surface area contributed by atoms with Crippen LogP contribution in [0.25, 0.3) is 0 Å². The van der Waals surface area contributed by atoms with E-state index in [9.17, 15) is 19.2 Å². The van der Waals surface area contributed by atoms with Crippen LogP contribution in [-0.2, 0) is 22.4 Å². The van der Waals surface area contributed by atoms with Crippen LogP contribution < -0.4 is 10.9 Å². The molecule has 3 rings (SSSR count). The van der Waals surface area contributed by atoms with E-state index in [0.29, 0.717) is 15.7 Å². The van der Waals surface area contributed by atoms with Crippen molar-refractivity contribution >= 4 is 46.1 Å². The first-order valence-electron chi connectivity index (χ1n) is 10.1. The molecule has 1 unspecified atom stereocenters. The van der Waals surface area contributed by atoms with Gasteiger partial charge in [-0.05, 0) is 55.9 Å². The van der Waals surface area contributed by atoms with Crippen molar-refractivity contribution in [2.45, 2.75) is 58.8 Å². The predicted molar refractivity (Wildman–Crippen MR) is 118 cm³/mol. The number of hydrogen-bond acceptors (Lipinski definition) is 6. The van der Waals surface area contributed by atoms with Gasteiger partial charge in [0.05, 0.1) is 9.75 Å². The maximum Gasteiger partial charge on any atom is 0.279 e. The number of amides is 2. The molecule has 160 valence electrons. The van der Waals surface area contributed by atoms with Crippen LogP contribution in [0.2, 0.25) is 0 Å². The largest absolute Gasteiger partial charge is 0.300 e. The lowest BCUT2D eigenvalue weighted by Crippen LogP contribution is -2.41. The predicted octanol–water partition coefficient (Wildman–Crippen LogP) is 4.02. The van der Waals surface area contributed by atoms with E-state index in [-0.39, 0.29) is 43.2 Å². The monoisotopic (exact) mass is 446 g/mol. The summed E-state index contributed by atoms with van der Waals surface area (Å²) >= 11 is 2.89. The number of hydrazine groups is 1. The summed E-state index contributed by atoms with van der Waals surface area (Å²) in [6, 6.07) is 5.56. The summed E-state index contributed by atoms with van der Waals surface area (Å²) in [7, 11) is 0. The third-order valence-corrected chi connectivity index (χ3v) is 7.42. The Kier molecular flexibility index (Phi) is 7.55. The van der Waals surface area contributed by atoms with Gasteiger partial charge in [-0.3, -0.25) is 30.0 Å². The minimum absolute atomic E-state index is 0.0239. The normalized spacial score (nSPS) is 15.3. The molecule has 6 nitrogen and oxygen atoms in total. The number of carbonyl (C=O) groups excluding carboxylic acids is 4. The van der Waals surface area contributed by atoms with Crippen molar-refractivity contribution in [2.24, 2.45) is 5.92 Å². The van der Waals surface area contributed by atoms with Gasteiger partial charge in [0, 0.05) is 35.4 Å². The number of Topliss-reactive ketones (excluding diaryl/α,β-unsaturated/α-hetero) is 2. The molecule has 0 saturated heterocycles. The van der Waals surface area contributed by atoms with Gasteiger partial charge in [0.1, 0.15) is 5.78 Å². The highest BCUT2D eigenvalue weighted by Gasteiger charge is 2.21. The zero-order chi connectivity index (χ0) is 21.7. The standard InChI is InChI=1S/C22H26N2O4S2/c1-13-3-8-18-15(11-13)12-20(30-18)22(28)24-23-21(27)10-6-16(25)5-7-17(26)19-9-4-14(2)29-19/h4,9,12-13H,3,5-8,10-11H2,1-2H3,(H,23,27)(H,24,28). The number of fused-ring (bicyclic) bond motifs is 1. The summed E-state index contributed by atoms with van der Waals surface area (Å²) in [6.07, 6.45) is 3.42. The molecule has 1 aliphatic carbocycles. The molecule has 30 heavy (non-hydrogen) atoms. The zero-order valence-electron chi connectivity index (χ0n) is 17.2. The van der Waals surface area contributed by atoms with Crippen molar-refractivity contribution in [1.29, 1.82) is 0 Å². The second-order valence-electron chi connectivity index (χ2n) is 7.78. The van der Waals surface area contributed by atoms with Gasteiger partial charge in [0.15, 0.2) is 5.78 Å². The van der Waals surface area contributed by atoms with Crippen LogP contribution in [-0.4, -0.2) is 23.4 Å². The average molecular weight is 447 g/mol. The van der Waals surface area contributed by atoms with Crippen LogP contribution in [0.15, 0.2) is 18.2 Å². The number of hydrogen-bond donors (Lipinski definition) is 2. The lowest BCUT2D eigenvalue weighted by atomic mass is 9.90. The highest BCUT2D eigenvalue weighted by atomic mass is 32.1. The molecule has 2 N–H and O–H groups in total. The highest BCUT2D eigenvalue weighted by molar-refractivity contribution is 7.14. The van der Waals surface area contributed by atoms with Crippen molar-refractivity contribution in [3.63, 3.8) is 0 Å². The Morgan fingerprint density at radius 1 is 1.00 bits per heavy atom. The quantitative estimate of drug-likeness (QED) is 0.473. The molecule has 0 bridgehead atoms. The van der Waals surface area contributed by atoms with Crippen molar-refractivity contribution in [1.82, 2.24) is 10.9 Å². The van der Waals surface area contributed by atoms with Gasteiger partial charge in [0.25, 0.3) is 5.91 Å². The van der Waals surface area contributed by atoms with Crippen LogP contribution in [0.4, 0.5) is 0 Å². The lowest BCUT2D eigenvalue weighted by molar-refractivity contribution is -0.125. The first-order chi connectivity index (χ1) is 14.3. The second kappa shape index (κ2) is 10.1. The first kappa shape index (κ1) is 22.4. The summed E-state index contributed by atoms with van der Waals surface area (Å²) in [5.74, 6) is -0.320. The van der Waals surface area contributed by atoms with E-state index in [1.54, 1.807) is 6.07 Å². The molecule has 2 heterocycles. The minimum atomic E-state index is -0.424. The van der Waals surface area contributed by atoms with Gasteiger partial charge in [-0.1, -0.05) is 6.92 Å². The highest BCUT2D eigenvalue weighted by Crippen LogP contribution is 2.32. The first-order valence-corrected chi connectivity index (χ1v) is 11.8. The van der Waals surface area contributed by atoms with E-state index in [2.05, 4.69) is 17.8 Å². The molecule has 0 aromatic carbocycles. The number of nitrogens with one attached hydrogen (secondary N) is 2. The summed E-state index contributed by atoms with van der Waals surface area (Å²) in [4.78, 5) is 51.8. The molecule has 1 aliphatic rings. The molecule has 2 amide bonds. The molecule has 0 fully saturated rings. The summed E-state index contributed by atoms with van der Waals surface area (Å²) in [5.41, 5.74) is 6.02. The molecular weight excluding hydrogens is 420 g/mol. The van der Waals surface area contributed by atoms with Gasteiger partial charge in [-0.25, -0.2) is 0 Å². The number of thiophene rings is 2. The molecule has 1 atom stereocenters. The van der Waals surface area contributed by atoms with E-state index in [1.165, 1.54) is 33.1 Å². The molecule has 8 heteroatoms. The third-order valence-electron chi connectivity index (χ3n) is 5.15. The lowest BCUT2D eigenvalue weighted by Gasteiger charge is -2.16. The summed E-state index contributed by atoms with van der Waals surface area (Å²) < 4.78 is 0. The average Bonchev–Trinajstić information content (AvgIpc) is 3.34. The van der Waals surface area contributed by atoms with E-state index >= 15 is 0 Å². The maximum atomic E-state index is 12.3. The van der Waals surface area contributed by atoms with Crippen LogP contribution in [0.3, 0.4) is 0 Å². The molecule has 2 aromatic rings. The van der Waals surface area contributed by atoms with Crippen LogP contribution in [0, 0.1) is 12.8 Å². The van der Waals surface area contributed by atoms with Gasteiger partial charge < -0.3 is 0 Å². The van der Waals surface area contributed by atoms with Gasteiger partial charge in [0.2, 0.25) is 5.91 Å². The summed E-state index contributed by atoms with van der Waals surface area (Å²) in [5, 5.41) is 0. The molecule has 0 spiro atoms. The smallest absolute Gasteiger partial charge is 0.279 e. The fraction of sp³-hybridized carbons (Fsp3) is 0.455. The number of carbonyl (C=O) groups is 4. The Morgan fingerprint density at radius 3 is 2.50 bits per heavy atom. The Morgan fingerprint density at radius 2 is 1.77 bits per heavy atom. The zero-order valence-corrected chi connectivity index (χ0v) is 18.8. The van der Waals surface area contributed by atoms with E-state index in [4.69, 9.17) is 0 Å². The second-order valence-corrected chi connectivity index (χ2v) is 10.2. The molecular formula is C22H26N2O4S2. The molecule has 0 radical (unpaired) electrons. The number of ketones is 2. The number of aryl methyl sites for hydroxylation is 2. The molecule has 2 aromatic heterocycles. The topological polar surface area (TPSA) is 92.3 Å². The SMILES string of the molecule is Cc1ccc(C(=O)CCC(=O)CCC(=O)NNC(=O)c2cc3c(s2)CCC(C)C3)s1. The Bertz CT molecular complexity index is 960. The van der Waals surface area contributed by atoms with Crippen LogP contribution in [0.5, 0.6) is 0 Å². The Balaban J connectivity index is 1.36. The van der Waals surface area contributed by atoms with Crippen LogP contribution in [0.1, 0.15) is 73.7 Å². The minimum Gasteiger partial charge on any atom is -0.300 e. The Hall–Kier alpha value is -2.32. The van der Waals surface area contributed by atoms with E-state index < -0.39 is 5.91 Å². The van der Waals surface area contributed by atoms with Crippen molar-refractivity contribution < 1.29 is 19.2 Å². The fourth-order valence-corrected chi connectivity index (χ4v) is 5.35. The third kappa shape index (κ3) is 6.09. The molecule has 0 saturated carbocycles. The van der Waals surface area contributed by atoms with E-state index in [0.717, 1.165) is 24.1 Å². The number of rotatable bonds is 8. The van der Waals surface area contributed by atoms with Gasteiger partial charge >= 0.3 is 0 Å². The van der Waals surface area contributed by atoms with E-state index in [1.807, 2.05) is 19.1 Å².